The molecule has 0 saturated heterocycles. The van der Waals surface area contributed by atoms with Crippen LogP contribution in [0.1, 0.15) is 20.8 Å². The molecule has 0 heterocycles. The minimum absolute atomic E-state index is 0.0568. The van der Waals surface area contributed by atoms with Crippen LogP contribution in [0.15, 0.2) is 0 Å². The van der Waals surface area contributed by atoms with E-state index in [1.807, 2.05) is 20.8 Å². The molecule has 0 aliphatic carbocycles. The Balaban J connectivity index is 4.09. The van der Waals surface area contributed by atoms with Crippen molar-refractivity contribution in [2.45, 2.75) is 24.8 Å². The zero-order chi connectivity index (χ0) is 16.0. The molecule has 0 fully saturated rings. The van der Waals surface area contributed by atoms with Gasteiger partial charge < -0.3 is 9.26 Å². The van der Waals surface area contributed by atoms with E-state index in [-0.39, 0.29) is 11.7 Å². The van der Waals surface area contributed by atoms with Crippen LogP contribution in [0.25, 0.3) is 0 Å². The van der Waals surface area contributed by atoms with Gasteiger partial charge in [-0.1, -0.05) is 55.1 Å². The van der Waals surface area contributed by atoms with Crippen LogP contribution < -0.4 is 5.09 Å². The number of carbonyl (C=O) groups excluding carboxylic acids is 2. The monoisotopic (exact) mass is 437 g/mol. The van der Waals surface area contributed by atoms with Crippen molar-refractivity contribution in [2.24, 2.45) is 5.41 Å². The molecule has 0 aliphatic rings. The van der Waals surface area contributed by atoms with E-state index in [0.29, 0.717) is 5.75 Å². The normalized spacial score (nSPS) is 16.3. The molecule has 2 atom stereocenters. The molecule has 0 aromatic carbocycles. The lowest BCUT2D eigenvalue weighted by atomic mass is 10.00. The number of ether oxygens (including phenoxy) is 1. The molecule has 0 saturated carbocycles. The lowest BCUT2D eigenvalue weighted by molar-refractivity contribution is -0.139. The number of methoxy groups -OCH3 is 1. The second-order valence-electron chi connectivity index (χ2n) is 5.08. The summed E-state index contributed by atoms with van der Waals surface area (Å²) in [5.74, 6) is -0.103. The molecule has 0 radical (unpaired) electrons. The van der Waals surface area contributed by atoms with E-state index in [1.54, 1.807) is 22.6 Å². The average Bonchev–Trinajstić information content (AvgIpc) is 2.31. The Kier molecular flexibility index (Phi) is 8.89. The van der Waals surface area contributed by atoms with Crippen LogP contribution in [0.4, 0.5) is 0 Å². The van der Waals surface area contributed by atoms with Crippen LogP contribution in [0.2, 0.25) is 0 Å². The van der Waals surface area contributed by atoms with Gasteiger partial charge in [0.05, 0.1) is 13.7 Å². The van der Waals surface area contributed by atoms with Crippen LogP contribution in [0.3, 0.4) is 0 Å². The molecule has 0 amide bonds. The summed E-state index contributed by atoms with van der Waals surface area (Å²) >= 11 is 2.93. The van der Waals surface area contributed by atoms with E-state index in [2.05, 4.69) is 9.82 Å². The Hall–Kier alpha value is 0.370. The number of hydrogen-bond donors (Lipinski definition) is 1. The molecule has 0 aromatic rings. The molecule has 0 spiro atoms. The van der Waals surface area contributed by atoms with E-state index in [1.165, 1.54) is 13.8 Å². The second kappa shape index (κ2) is 8.73. The van der Waals surface area contributed by atoms with Crippen molar-refractivity contribution in [1.29, 1.82) is 0 Å². The van der Waals surface area contributed by atoms with Crippen LogP contribution >= 0.6 is 41.9 Å². The molecule has 6 nitrogen and oxygen atoms in total. The highest BCUT2D eigenvalue weighted by molar-refractivity contribution is 14.1. The molecule has 0 rings (SSSR count). The third-order valence-electron chi connectivity index (χ3n) is 2.02. The van der Waals surface area contributed by atoms with Gasteiger partial charge in [0.15, 0.2) is 9.16 Å². The summed E-state index contributed by atoms with van der Waals surface area (Å²) < 4.78 is 21.0. The lowest BCUT2D eigenvalue weighted by Crippen LogP contribution is -2.30. The third kappa shape index (κ3) is 8.61. The molecule has 20 heavy (non-hydrogen) atoms. The highest BCUT2D eigenvalue weighted by Crippen LogP contribution is 2.39. The number of hydrogen-bond acceptors (Lipinski definition) is 6. The van der Waals surface area contributed by atoms with Crippen molar-refractivity contribution >= 4 is 53.0 Å². The first-order chi connectivity index (χ1) is 8.99. The van der Waals surface area contributed by atoms with Crippen LogP contribution in [-0.4, -0.2) is 41.3 Å². The highest BCUT2D eigenvalue weighted by atomic mass is 127. The van der Waals surface area contributed by atoms with Gasteiger partial charge in [0.2, 0.25) is 0 Å². The maximum absolute atomic E-state index is 12.0. The summed E-state index contributed by atoms with van der Waals surface area (Å²) in [6, 6.07) is 0. The number of carbonyl (C=O) groups is 2. The van der Waals surface area contributed by atoms with E-state index in [9.17, 15) is 14.2 Å². The zero-order valence-electron chi connectivity index (χ0n) is 12.3. The van der Waals surface area contributed by atoms with Crippen molar-refractivity contribution in [3.8, 4) is 0 Å². The summed E-state index contributed by atoms with van der Waals surface area (Å²) in [6.07, 6.45) is 0. The Morgan fingerprint density at radius 3 is 2.40 bits per heavy atom. The van der Waals surface area contributed by atoms with E-state index < -0.39 is 23.0 Å². The minimum Gasteiger partial charge on any atom is -0.467 e. The van der Waals surface area contributed by atoms with Gasteiger partial charge in [0.1, 0.15) is 0 Å². The molecule has 118 valence electrons. The predicted octanol–water partition coefficient (Wildman–Crippen LogP) is 2.66. The Morgan fingerprint density at radius 2 is 1.95 bits per heavy atom. The van der Waals surface area contributed by atoms with Gasteiger partial charge in [0, 0.05) is 17.8 Å². The van der Waals surface area contributed by atoms with E-state index >= 15 is 0 Å². The van der Waals surface area contributed by atoms with Crippen molar-refractivity contribution in [3.63, 3.8) is 0 Å². The third-order valence-corrected chi connectivity index (χ3v) is 5.98. The quantitative estimate of drug-likeness (QED) is 0.164. The molecule has 0 bridgehead atoms. The summed E-state index contributed by atoms with van der Waals surface area (Å²) in [4.78, 5) is 22.9. The fourth-order valence-electron chi connectivity index (χ4n) is 0.962. The van der Waals surface area contributed by atoms with Crippen LogP contribution in [0.5, 0.6) is 0 Å². The number of esters is 1. The number of thioether (sulfide) groups is 1. The first-order valence-electron chi connectivity index (χ1n) is 5.88. The number of halogens is 1. The topological polar surface area (TPSA) is 81.7 Å². The van der Waals surface area contributed by atoms with E-state index in [4.69, 9.17) is 4.52 Å². The summed E-state index contributed by atoms with van der Waals surface area (Å²) in [5, 5.41) is 2.63. The maximum atomic E-state index is 12.0. The number of rotatable bonds is 7. The Labute approximate surface area is 137 Å². The van der Waals surface area contributed by atoms with Gasteiger partial charge in [-0.3, -0.25) is 9.36 Å². The molecular formula is C11H21INO5PS. The number of nitrogens with one attached hydrogen (secondary N) is 1. The van der Waals surface area contributed by atoms with Gasteiger partial charge in [-0.15, -0.1) is 0 Å². The molecule has 0 aliphatic heterocycles. The SMILES string of the molecule is COC(=O)[C@H](I)NP(C)(=O)OCCSC(=O)C(C)(C)C. The minimum atomic E-state index is -3.10. The standard InChI is InChI=1S/C11H21INO5PS/c1-11(2,3)10(15)20-7-6-18-19(5,16)13-8(12)9(14)17-4/h8H,6-7H2,1-5H3,(H,13,16)/t8-,19?/m1/s1. The van der Waals surface area contributed by atoms with Gasteiger partial charge in [0.25, 0.3) is 7.52 Å². The molecule has 1 N–H and O–H groups in total. The second-order valence-corrected chi connectivity index (χ2v) is 9.60. The zero-order valence-corrected chi connectivity index (χ0v) is 16.1. The van der Waals surface area contributed by atoms with Gasteiger partial charge in [-0.05, 0) is 0 Å². The van der Waals surface area contributed by atoms with Gasteiger partial charge in [-0.2, -0.15) is 0 Å². The smallest absolute Gasteiger partial charge is 0.333 e. The fraction of sp³-hybridized carbons (Fsp3) is 0.818. The summed E-state index contributed by atoms with van der Waals surface area (Å²) in [5.41, 5.74) is -0.406. The van der Waals surface area contributed by atoms with Crippen LogP contribution in [0, 0.1) is 5.41 Å². The molecule has 0 aromatic heterocycles. The fourth-order valence-corrected chi connectivity index (χ4v) is 4.67. The largest absolute Gasteiger partial charge is 0.467 e. The van der Waals surface area contributed by atoms with E-state index in [0.717, 1.165) is 11.8 Å². The number of alkyl halides is 1. The maximum Gasteiger partial charge on any atom is 0.333 e. The first-order valence-corrected chi connectivity index (χ1v) is 10.2. The van der Waals surface area contributed by atoms with Crippen LogP contribution in [-0.2, 0) is 23.4 Å². The molecule has 1 unspecified atom stereocenters. The average molecular weight is 437 g/mol. The van der Waals surface area contributed by atoms with Crippen molar-refractivity contribution < 1.29 is 23.4 Å². The van der Waals surface area contributed by atoms with Crippen molar-refractivity contribution in [2.75, 3.05) is 26.1 Å². The van der Waals surface area contributed by atoms with Crippen molar-refractivity contribution in [1.82, 2.24) is 5.09 Å². The Bertz CT molecular complexity index is 399. The Morgan fingerprint density at radius 1 is 1.40 bits per heavy atom. The van der Waals surface area contributed by atoms with Gasteiger partial charge >= 0.3 is 5.97 Å². The highest BCUT2D eigenvalue weighted by Gasteiger charge is 2.25. The van der Waals surface area contributed by atoms with Crippen molar-refractivity contribution in [3.05, 3.63) is 0 Å². The first kappa shape index (κ1) is 20.4. The molecular weight excluding hydrogens is 416 g/mol. The summed E-state index contributed by atoms with van der Waals surface area (Å²) in [7, 11) is -1.84. The van der Waals surface area contributed by atoms with Gasteiger partial charge in [-0.25, -0.2) is 9.88 Å². The summed E-state index contributed by atoms with van der Waals surface area (Å²) in [6.45, 7) is 7.07. The predicted molar refractivity (Wildman–Crippen MR) is 89.4 cm³/mol. The lowest BCUT2D eigenvalue weighted by Gasteiger charge is -2.19. The molecule has 9 heteroatoms.